The van der Waals surface area contributed by atoms with Gasteiger partial charge in [0.1, 0.15) is 6.61 Å². The van der Waals surface area contributed by atoms with Gasteiger partial charge in [0.15, 0.2) is 0 Å². The zero-order valence-corrected chi connectivity index (χ0v) is 10.1. The lowest BCUT2D eigenvalue weighted by atomic mass is 9.96. The highest BCUT2D eigenvalue weighted by molar-refractivity contribution is 5.74. The Kier molecular flexibility index (Phi) is 4.38. The maximum atomic E-state index is 11.5. The Labute approximate surface area is 105 Å². The fourth-order valence-corrected chi connectivity index (χ4v) is 2.41. The van der Waals surface area contributed by atoms with Crippen LogP contribution in [-0.2, 0) is 14.3 Å². The third-order valence-electron chi connectivity index (χ3n) is 3.18. The maximum absolute atomic E-state index is 11.5. The van der Waals surface area contributed by atoms with E-state index in [9.17, 15) is 9.59 Å². The van der Waals surface area contributed by atoms with Crippen LogP contribution in [0.3, 0.4) is 0 Å². The number of nitrogens with one attached hydrogen (secondary N) is 2. The molecule has 0 radical (unpaired) electrons. The Morgan fingerprint density at radius 3 is 2.83 bits per heavy atom. The van der Waals surface area contributed by atoms with Crippen LogP contribution < -0.4 is 10.6 Å². The number of hydrogen-bond donors (Lipinski definition) is 3. The van der Waals surface area contributed by atoms with Crippen LogP contribution in [0.4, 0.5) is 4.79 Å². The molecular formula is C11H18N2O5. The Bertz CT molecular complexity index is 323. The largest absolute Gasteiger partial charge is 0.480 e. The number of ether oxygens (including phenoxy) is 2. The molecule has 2 amide bonds. The van der Waals surface area contributed by atoms with Crippen LogP contribution in [0.25, 0.3) is 0 Å². The molecule has 2 heterocycles. The van der Waals surface area contributed by atoms with Gasteiger partial charge in [-0.1, -0.05) is 0 Å². The maximum Gasteiger partial charge on any atom is 0.329 e. The average Bonchev–Trinajstić information content (AvgIpc) is 2.90. The van der Waals surface area contributed by atoms with Gasteiger partial charge < -0.3 is 25.2 Å². The van der Waals surface area contributed by atoms with Crippen molar-refractivity contribution in [2.75, 3.05) is 19.8 Å². The van der Waals surface area contributed by atoms with Crippen molar-refractivity contribution in [3.05, 3.63) is 0 Å². The van der Waals surface area contributed by atoms with E-state index in [2.05, 4.69) is 10.6 Å². The number of carboxylic acids is 1. The standard InChI is InChI=1S/C11H18N2O5/c14-10(15)6-17-4-3-12-11(16)13-8-5-7-1-2-9(8)18-7/h7-9H,1-6H2,(H,14,15)(H2,12,13,16). The first-order chi connectivity index (χ1) is 8.65. The third kappa shape index (κ3) is 3.58. The van der Waals surface area contributed by atoms with Crippen LogP contribution in [0, 0.1) is 0 Å². The number of carbonyl (C=O) groups excluding carboxylic acids is 1. The van der Waals surface area contributed by atoms with Crippen LogP contribution >= 0.6 is 0 Å². The van der Waals surface area contributed by atoms with Crippen LogP contribution in [0.15, 0.2) is 0 Å². The van der Waals surface area contributed by atoms with E-state index in [0.29, 0.717) is 12.6 Å². The van der Waals surface area contributed by atoms with Crippen molar-refractivity contribution in [2.24, 2.45) is 0 Å². The van der Waals surface area contributed by atoms with E-state index in [1.165, 1.54) is 0 Å². The van der Waals surface area contributed by atoms with Crippen molar-refractivity contribution in [1.29, 1.82) is 0 Å². The Morgan fingerprint density at radius 1 is 1.39 bits per heavy atom. The highest BCUT2D eigenvalue weighted by atomic mass is 16.5. The fourth-order valence-electron chi connectivity index (χ4n) is 2.41. The molecule has 2 bridgehead atoms. The third-order valence-corrected chi connectivity index (χ3v) is 3.18. The lowest BCUT2D eigenvalue weighted by Gasteiger charge is -2.20. The lowest BCUT2D eigenvalue weighted by molar-refractivity contribution is -0.142. The Hall–Kier alpha value is -1.34. The van der Waals surface area contributed by atoms with E-state index >= 15 is 0 Å². The highest BCUT2D eigenvalue weighted by Crippen LogP contribution is 2.34. The average molecular weight is 258 g/mol. The molecule has 2 saturated heterocycles. The number of rotatable bonds is 6. The molecule has 0 spiro atoms. The van der Waals surface area contributed by atoms with Crippen molar-refractivity contribution in [1.82, 2.24) is 10.6 Å². The first kappa shape index (κ1) is 13.1. The summed E-state index contributed by atoms with van der Waals surface area (Å²) in [5.41, 5.74) is 0. The van der Waals surface area contributed by atoms with E-state index in [1.807, 2.05) is 0 Å². The molecule has 7 nitrogen and oxygen atoms in total. The van der Waals surface area contributed by atoms with Crippen molar-refractivity contribution in [3.63, 3.8) is 0 Å². The van der Waals surface area contributed by atoms with Gasteiger partial charge in [-0.05, 0) is 19.3 Å². The number of aliphatic carboxylic acids is 1. The van der Waals surface area contributed by atoms with E-state index in [-0.39, 0.29) is 31.4 Å². The summed E-state index contributed by atoms with van der Waals surface area (Å²) in [7, 11) is 0. The summed E-state index contributed by atoms with van der Waals surface area (Å²) in [5, 5.41) is 13.8. The normalized spacial score (nSPS) is 29.2. The molecule has 3 N–H and O–H groups in total. The van der Waals surface area contributed by atoms with Gasteiger partial charge in [-0.3, -0.25) is 0 Å². The molecular weight excluding hydrogens is 240 g/mol. The van der Waals surface area contributed by atoms with E-state index in [4.69, 9.17) is 14.6 Å². The van der Waals surface area contributed by atoms with Crippen molar-refractivity contribution < 1.29 is 24.2 Å². The Morgan fingerprint density at radius 2 is 2.22 bits per heavy atom. The van der Waals surface area contributed by atoms with Crippen LogP contribution in [0.5, 0.6) is 0 Å². The zero-order valence-electron chi connectivity index (χ0n) is 10.1. The van der Waals surface area contributed by atoms with E-state index in [1.54, 1.807) is 0 Å². The van der Waals surface area contributed by atoms with Crippen LogP contribution in [0.2, 0.25) is 0 Å². The zero-order chi connectivity index (χ0) is 13.0. The van der Waals surface area contributed by atoms with Gasteiger partial charge in [0.25, 0.3) is 0 Å². The summed E-state index contributed by atoms with van der Waals surface area (Å²) in [4.78, 5) is 21.7. The quantitative estimate of drug-likeness (QED) is 0.569. The summed E-state index contributed by atoms with van der Waals surface area (Å²) in [6.45, 7) is 0.136. The molecule has 2 fully saturated rings. The van der Waals surface area contributed by atoms with Gasteiger partial charge in [-0.2, -0.15) is 0 Å². The van der Waals surface area contributed by atoms with Crippen LogP contribution in [-0.4, -0.2) is 55.1 Å². The van der Waals surface area contributed by atoms with E-state index < -0.39 is 5.97 Å². The molecule has 0 saturated carbocycles. The Balaban J connectivity index is 1.54. The number of carbonyl (C=O) groups is 2. The molecule has 0 aliphatic carbocycles. The summed E-state index contributed by atoms with van der Waals surface area (Å²) in [5.74, 6) is -1.02. The molecule has 102 valence electrons. The summed E-state index contributed by atoms with van der Waals surface area (Å²) in [6.07, 6.45) is 3.45. The topological polar surface area (TPSA) is 96.9 Å². The molecule has 2 rings (SSSR count). The summed E-state index contributed by atoms with van der Waals surface area (Å²) >= 11 is 0. The first-order valence-electron chi connectivity index (χ1n) is 6.14. The van der Waals surface area contributed by atoms with Crippen molar-refractivity contribution >= 4 is 12.0 Å². The van der Waals surface area contributed by atoms with Gasteiger partial charge in [0.2, 0.25) is 0 Å². The molecule has 2 aliphatic heterocycles. The number of urea groups is 1. The molecule has 0 aromatic carbocycles. The second-order valence-corrected chi connectivity index (χ2v) is 4.56. The van der Waals surface area contributed by atoms with Gasteiger partial charge in [-0.25, -0.2) is 9.59 Å². The van der Waals surface area contributed by atoms with Crippen molar-refractivity contribution in [2.45, 2.75) is 37.5 Å². The molecule has 3 unspecified atom stereocenters. The monoisotopic (exact) mass is 258 g/mol. The summed E-state index contributed by atoms with van der Waals surface area (Å²) in [6, 6.07) is -0.154. The fraction of sp³-hybridized carbons (Fsp3) is 0.818. The molecule has 3 atom stereocenters. The second-order valence-electron chi connectivity index (χ2n) is 4.56. The van der Waals surface area contributed by atoms with Gasteiger partial charge in [-0.15, -0.1) is 0 Å². The predicted octanol–water partition coefficient (Wildman–Crippen LogP) is -0.293. The molecule has 7 heteroatoms. The summed E-state index contributed by atoms with van der Waals surface area (Å²) < 4.78 is 10.4. The van der Waals surface area contributed by atoms with Crippen LogP contribution in [0.1, 0.15) is 19.3 Å². The smallest absolute Gasteiger partial charge is 0.329 e. The van der Waals surface area contributed by atoms with Crippen molar-refractivity contribution in [3.8, 4) is 0 Å². The minimum atomic E-state index is -1.02. The first-order valence-corrected chi connectivity index (χ1v) is 6.14. The van der Waals surface area contributed by atoms with E-state index in [0.717, 1.165) is 19.3 Å². The molecule has 2 aliphatic rings. The molecule has 18 heavy (non-hydrogen) atoms. The minimum absolute atomic E-state index is 0.101. The second kappa shape index (κ2) is 6.01. The minimum Gasteiger partial charge on any atom is -0.480 e. The van der Waals surface area contributed by atoms with Gasteiger partial charge >= 0.3 is 12.0 Å². The highest BCUT2D eigenvalue weighted by Gasteiger charge is 2.41. The van der Waals surface area contributed by atoms with Gasteiger partial charge in [0.05, 0.1) is 24.9 Å². The predicted molar refractivity (Wildman–Crippen MR) is 61.3 cm³/mol. The number of amides is 2. The number of carboxylic acid groups (broad SMARTS) is 1. The lowest BCUT2D eigenvalue weighted by Crippen LogP contribution is -2.47. The van der Waals surface area contributed by atoms with Gasteiger partial charge in [0, 0.05) is 6.54 Å². The molecule has 0 aromatic heterocycles. The number of hydrogen-bond acceptors (Lipinski definition) is 4. The number of fused-ring (bicyclic) bond motifs is 2. The molecule has 0 aromatic rings. The SMILES string of the molecule is O=C(O)COCCNC(=O)NC1CC2CCC1O2.